The summed E-state index contributed by atoms with van der Waals surface area (Å²) < 4.78 is 0. The van der Waals surface area contributed by atoms with E-state index in [1.54, 1.807) is 35.4 Å². The molecule has 2 N–H and O–H groups in total. The molecule has 2 aromatic rings. The lowest BCUT2D eigenvalue weighted by atomic mass is 10.1. The minimum atomic E-state index is -0.140. The highest BCUT2D eigenvalue weighted by atomic mass is 35.5. The Labute approximate surface area is 138 Å². The molecule has 21 heavy (non-hydrogen) atoms. The van der Waals surface area contributed by atoms with E-state index in [2.05, 4.69) is 0 Å². The summed E-state index contributed by atoms with van der Waals surface area (Å²) in [4.78, 5) is 16.6. The van der Waals surface area contributed by atoms with Crippen molar-refractivity contribution in [1.29, 1.82) is 0 Å². The summed E-state index contributed by atoms with van der Waals surface area (Å²) in [6, 6.07) is 7.17. The number of halogens is 2. The van der Waals surface area contributed by atoms with Crippen molar-refractivity contribution < 1.29 is 4.79 Å². The Hall–Kier alpha value is -1.23. The van der Waals surface area contributed by atoms with E-state index in [0.29, 0.717) is 11.3 Å². The number of nitrogen functional groups attached to an aromatic ring is 1. The molecular formula is C15H16Cl2N2OS. The van der Waals surface area contributed by atoms with Gasteiger partial charge in [-0.15, -0.1) is 11.3 Å². The van der Waals surface area contributed by atoms with Crippen molar-refractivity contribution in [2.75, 3.05) is 12.8 Å². The third-order valence-electron chi connectivity index (χ3n) is 3.38. The van der Waals surface area contributed by atoms with Crippen molar-refractivity contribution in [2.24, 2.45) is 0 Å². The van der Waals surface area contributed by atoms with Gasteiger partial charge >= 0.3 is 0 Å². The van der Waals surface area contributed by atoms with E-state index >= 15 is 0 Å². The molecule has 0 fully saturated rings. The number of hydrogen-bond acceptors (Lipinski definition) is 3. The van der Waals surface area contributed by atoms with Crippen molar-refractivity contribution in [3.8, 4) is 0 Å². The van der Waals surface area contributed by atoms with Gasteiger partial charge in [0, 0.05) is 22.4 Å². The van der Waals surface area contributed by atoms with E-state index in [1.807, 2.05) is 26.0 Å². The summed E-state index contributed by atoms with van der Waals surface area (Å²) in [6.07, 6.45) is 0. The fourth-order valence-corrected chi connectivity index (χ4v) is 3.29. The zero-order valence-electron chi connectivity index (χ0n) is 12.0. The molecule has 1 aromatic heterocycles. The number of aryl methyl sites for hydroxylation is 1. The van der Waals surface area contributed by atoms with Crippen LogP contribution in [-0.2, 0) is 0 Å². The molecule has 1 amide bonds. The molecule has 1 heterocycles. The Balaban J connectivity index is 2.27. The molecule has 0 aliphatic carbocycles. The first-order valence-corrected chi connectivity index (χ1v) is 7.96. The van der Waals surface area contributed by atoms with Gasteiger partial charge in [0.2, 0.25) is 0 Å². The second-order valence-electron chi connectivity index (χ2n) is 4.90. The molecular weight excluding hydrogens is 327 g/mol. The molecule has 1 unspecified atom stereocenters. The quantitative estimate of drug-likeness (QED) is 0.816. The molecule has 2 rings (SSSR count). The maximum absolute atomic E-state index is 12.6. The van der Waals surface area contributed by atoms with E-state index in [9.17, 15) is 4.79 Å². The number of benzene rings is 1. The summed E-state index contributed by atoms with van der Waals surface area (Å²) in [5.74, 6) is -0.140. The summed E-state index contributed by atoms with van der Waals surface area (Å²) in [5, 5.41) is 0.561. The second-order valence-corrected chi connectivity index (χ2v) is 7.01. The number of thiophene rings is 1. The van der Waals surface area contributed by atoms with E-state index in [-0.39, 0.29) is 22.0 Å². The first kappa shape index (κ1) is 16.1. The maximum Gasteiger partial charge on any atom is 0.254 e. The molecule has 0 saturated heterocycles. The van der Waals surface area contributed by atoms with Crippen LogP contribution in [0.2, 0.25) is 10.0 Å². The SMILES string of the molecule is Cc1ccc(C(C)N(C)C(=O)c2cc(N)c(Cl)c(Cl)c2)s1. The Morgan fingerprint density at radius 3 is 2.52 bits per heavy atom. The number of hydrogen-bond donors (Lipinski definition) is 1. The normalized spacial score (nSPS) is 12.2. The monoisotopic (exact) mass is 342 g/mol. The fraction of sp³-hybridized carbons (Fsp3) is 0.267. The highest BCUT2D eigenvalue weighted by molar-refractivity contribution is 7.12. The van der Waals surface area contributed by atoms with E-state index < -0.39 is 0 Å². The van der Waals surface area contributed by atoms with Gasteiger partial charge in [-0.2, -0.15) is 0 Å². The van der Waals surface area contributed by atoms with Crippen LogP contribution in [-0.4, -0.2) is 17.9 Å². The van der Waals surface area contributed by atoms with Crippen LogP contribution in [0.15, 0.2) is 24.3 Å². The van der Waals surface area contributed by atoms with Gasteiger partial charge in [0.1, 0.15) is 0 Å². The molecule has 3 nitrogen and oxygen atoms in total. The van der Waals surface area contributed by atoms with Gasteiger partial charge in [0.25, 0.3) is 5.91 Å². The Bertz CT molecular complexity index is 661. The van der Waals surface area contributed by atoms with E-state index in [0.717, 1.165) is 4.88 Å². The lowest BCUT2D eigenvalue weighted by molar-refractivity contribution is 0.0745. The van der Waals surface area contributed by atoms with Crippen LogP contribution in [0.4, 0.5) is 5.69 Å². The average molecular weight is 343 g/mol. The number of carbonyl (C=O) groups is 1. The highest BCUT2D eigenvalue weighted by Crippen LogP contribution is 2.31. The van der Waals surface area contributed by atoms with Crippen molar-refractivity contribution in [1.82, 2.24) is 4.90 Å². The lowest BCUT2D eigenvalue weighted by Crippen LogP contribution is -2.29. The van der Waals surface area contributed by atoms with Gasteiger partial charge in [0.15, 0.2) is 0 Å². The second kappa shape index (κ2) is 6.26. The number of nitrogens with two attached hydrogens (primary N) is 1. The third kappa shape index (κ3) is 3.34. The minimum absolute atomic E-state index is 0.0214. The predicted molar refractivity (Wildman–Crippen MR) is 90.4 cm³/mol. The number of anilines is 1. The average Bonchev–Trinajstić information content (AvgIpc) is 2.88. The summed E-state index contributed by atoms with van der Waals surface area (Å²) >= 11 is 13.6. The molecule has 112 valence electrons. The molecule has 0 radical (unpaired) electrons. The topological polar surface area (TPSA) is 46.3 Å². The van der Waals surface area contributed by atoms with Crippen molar-refractivity contribution in [3.63, 3.8) is 0 Å². The van der Waals surface area contributed by atoms with Crippen molar-refractivity contribution >= 4 is 46.1 Å². The Morgan fingerprint density at radius 1 is 1.33 bits per heavy atom. The molecule has 0 aliphatic heterocycles. The molecule has 0 spiro atoms. The largest absolute Gasteiger partial charge is 0.397 e. The van der Waals surface area contributed by atoms with Gasteiger partial charge in [-0.1, -0.05) is 23.2 Å². The molecule has 6 heteroatoms. The van der Waals surface area contributed by atoms with Crippen LogP contribution >= 0.6 is 34.5 Å². The van der Waals surface area contributed by atoms with Crippen LogP contribution in [0.5, 0.6) is 0 Å². The lowest BCUT2D eigenvalue weighted by Gasteiger charge is -2.24. The Morgan fingerprint density at radius 2 is 2.00 bits per heavy atom. The zero-order valence-corrected chi connectivity index (χ0v) is 14.3. The van der Waals surface area contributed by atoms with Crippen LogP contribution < -0.4 is 5.73 Å². The van der Waals surface area contributed by atoms with Crippen molar-refractivity contribution in [2.45, 2.75) is 19.9 Å². The minimum Gasteiger partial charge on any atom is -0.397 e. The standard InChI is InChI=1S/C15H16Cl2N2OS/c1-8-4-5-13(21-8)9(2)19(3)15(20)10-6-11(16)14(17)12(18)7-10/h4-7,9H,18H2,1-3H3. The maximum atomic E-state index is 12.6. The number of nitrogens with zero attached hydrogens (tertiary/aromatic N) is 1. The highest BCUT2D eigenvalue weighted by Gasteiger charge is 2.21. The van der Waals surface area contributed by atoms with Gasteiger partial charge < -0.3 is 10.6 Å². The van der Waals surface area contributed by atoms with Gasteiger partial charge in [-0.25, -0.2) is 0 Å². The van der Waals surface area contributed by atoms with Gasteiger partial charge in [0.05, 0.1) is 21.8 Å². The smallest absolute Gasteiger partial charge is 0.254 e. The molecule has 0 saturated carbocycles. The molecule has 1 aromatic carbocycles. The summed E-state index contributed by atoms with van der Waals surface area (Å²) in [7, 11) is 1.76. The number of amides is 1. The van der Waals surface area contributed by atoms with Crippen LogP contribution in [0, 0.1) is 6.92 Å². The van der Waals surface area contributed by atoms with E-state index in [1.165, 1.54) is 4.88 Å². The van der Waals surface area contributed by atoms with Crippen LogP contribution in [0.25, 0.3) is 0 Å². The first-order chi connectivity index (χ1) is 9.81. The molecule has 1 atom stereocenters. The summed E-state index contributed by atoms with van der Waals surface area (Å²) in [5.41, 5.74) is 6.51. The van der Waals surface area contributed by atoms with Gasteiger partial charge in [-0.05, 0) is 38.1 Å². The van der Waals surface area contributed by atoms with E-state index in [4.69, 9.17) is 28.9 Å². The summed E-state index contributed by atoms with van der Waals surface area (Å²) in [6.45, 7) is 4.03. The number of carbonyl (C=O) groups excluding carboxylic acids is 1. The zero-order chi connectivity index (χ0) is 15.7. The van der Waals surface area contributed by atoms with Crippen LogP contribution in [0.1, 0.15) is 33.1 Å². The Kier molecular flexibility index (Phi) is 4.81. The number of rotatable bonds is 3. The molecule has 0 aliphatic rings. The third-order valence-corrected chi connectivity index (χ3v) is 5.37. The van der Waals surface area contributed by atoms with Crippen molar-refractivity contribution in [3.05, 3.63) is 49.6 Å². The first-order valence-electron chi connectivity index (χ1n) is 6.39. The fourth-order valence-electron chi connectivity index (χ4n) is 1.98. The predicted octanol–water partition coefficient (Wildman–Crippen LogP) is 4.78. The van der Waals surface area contributed by atoms with Crippen LogP contribution in [0.3, 0.4) is 0 Å². The van der Waals surface area contributed by atoms with Gasteiger partial charge in [-0.3, -0.25) is 4.79 Å². The molecule has 0 bridgehead atoms.